The molecule has 100 valence electrons. The summed E-state index contributed by atoms with van der Waals surface area (Å²) in [6.07, 6.45) is 0. The van der Waals surface area contributed by atoms with Crippen molar-refractivity contribution < 1.29 is 9.53 Å². The van der Waals surface area contributed by atoms with E-state index in [1.807, 2.05) is 6.92 Å². The highest BCUT2D eigenvalue weighted by molar-refractivity contribution is 6.06. The Morgan fingerprint density at radius 3 is 2.74 bits per heavy atom. The number of amides is 1. The van der Waals surface area contributed by atoms with Crippen molar-refractivity contribution in [3.8, 4) is 5.75 Å². The molecule has 0 bridgehead atoms. The molecule has 0 aliphatic heterocycles. The minimum atomic E-state index is -0.285. The predicted octanol–water partition coefficient (Wildman–Crippen LogP) is 1.57. The number of aryl methyl sites for hydroxylation is 2. The largest absolute Gasteiger partial charge is 0.496 e. The third kappa shape index (κ3) is 2.67. The Balaban J connectivity index is 2.29. The number of nitrogens with one attached hydrogen (secondary N) is 1. The zero-order chi connectivity index (χ0) is 14.0. The lowest BCUT2D eigenvalue weighted by Gasteiger charge is -2.10. The van der Waals surface area contributed by atoms with Crippen molar-refractivity contribution in [1.82, 2.24) is 9.78 Å². The Kier molecular flexibility index (Phi) is 3.41. The number of nitrogen functional groups attached to an aromatic ring is 1. The van der Waals surface area contributed by atoms with E-state index >= 15 is 0 Å². The SMILES string of the molecule is COc1ccc(N)cc1C(=O)Nc1cc(C)nn1C. The van der Waals surface area contributed by atoms with E-state index in [9.17, 15) is 4.79 Å². The van der Waals surface area contributed by atoms with Crippen LogP contribution in [-0.2, 0) is 7.05 Å². The minimum Gasteiger partial charge on any atom is -0.496 e. The standard InChI is InChI=1S/C13H16N4O2/c1-8-6-12(17(2)16-8)15-13(18)10-7-9(14)4-5-11(10)19-3/h4-7H,14H2,1-3H3,(H,15,18). The van der Waals surface area contributed by atoms with Gasteiger partial charge in [0.05, 0.1) is 18.4 Å². The van der Waals surface area contributed by atoms with Gasteiger partial charge in [-0.15, -0.1) is 0 Å². The summed E-state index contributed by atoms with van der Waals surface area (Å²) in [5, 5.41) is 6.94. The Hall–Kier alpha value is -2.50. The summed E-state index contributed by atoms with van der Waals surface area (Å²) in [6, 6.07) is 6.72. The number of hydrogen-bond acceptors (Lipinski definition) is 4. The van der Waals surface area contributed by atoms with Gasteiger partial charge in [0, 0.05) is 18.8 Å². The van der Waals surface area contributed by atoms with Crippen molar-refractivity contribution in [2.75, 3.05) is 18.2 Å². The third-order valence-corrected chi connectivity index (χ3v) is 2.71. The highest BCUT2D eigenvalue weighted by Crippen LogP contribution is 2.22. The first-order valence-corrected chi connectivity index (χ1v) is 5.76. The Morgan fingerprint density at radius 2 is 2.16 bits per heavy atom. The third-order valence-electron chi connectivity index (χ3n) is 2.71. The molecule has 0 atom stereocenters. The maximum atomic E-state index is 12.2. The van der Waals surface area contributed by atoms with Crippen LogP contribution >= 0.6 is 0 Å². The maximum absolute atomic E-state index is 12.2. The number of benzene rings is 1. The van der Waals surface area contributed by atoms with Crippen LogP contribution in [0.3, 0.4) is 0 Å². The van der Waals surface area contributed by atoms with E-state index in [1.165, 1.54) is 7.11 Å². The van der Waals surface area contributed by atoms with Crippen molar-refractivity contribution in [3.63, 3.8) is 0 Å². The number of methoxy groups -OCH3 is 1. The van der Waals surface area contributed by atoms with E-state index in [1.54, 1.807) is 36.0 Å². The van der Waals surface area contributed by atoms with Gasteiger partial charge in [0.25, 0.3) is 5.91 Å². The average Bonchev–Trinajstić information content (AvgIpc) is 2.67. The summed E-state index contributed by atoms with van der Waals surface area (Å²) >= 11 is 0. The van der Waals surface area contributed by atoms with Gasteiger partial charge in [0.1, 0.15) is 11.6 Å². The lowest BCUT2D eigenvalue weighted by atomic mass is 10.1. The van der Waals surface area contributed by atoms with Crippen molar-refractivity contribution in [1.29, 1.82) is 0 Å². The molecule has 3 N–H and O–H groups in total. The molecule has 0 spiro atoms. The van der Waals surface area contributed by atoms with E-state index in [-0.39, 0.29) is 5.91 Å². The predicted molar refractivity (Wildman–Crippen MR) is 73.3 cm³/mol. The molecule has 0 saturated heterocycles. The first-order chi connectivity index (χ1) is 9.01. The summed E-state index contributed by atoms with van der Waals surface area (Å²) in [6.45, 7) is 1.86. The molecule has 0 radical (unpaired) electrons. The van der Waals surface area contributed by atoms with Crippen LogP contribution in [0.4, 0.5) is 11.5 Å². The van der Waals surface area contributed by atoms with Crippen LogP contribution in [0.25, 0.3) is 0 Å². The van der Waals surface area contributed by atoms with Gasteiger partial charge < -0.3 is 15.8 Å². The second-order valence-electron chi connectivity index (χ2n) is 4.21. The van der Waals surface area contributed by atoms with Gasteiger partial charge in [-0.1, -0.05) is 0 Å². The molecule has 0 fully saturated rings. The second-order valence-corrected chi connectivity index (χ2v) is 4.21. The number of ether oxygens (including phenoxy) is 1. The van der Waals surface area contributed by atoms with E-state index in [2.05, 4.69) is 10.4 Å². The highest BCUT2D eigenvalue weighted by atomic mass is 16.5. The Morgan fingerprint density at radius 1 is 1.42 bits per heavy atom. The van der Waals surface area contributed by atoms with E-state index in [0.29, 0.717) is 22.8 Å². The quantitative estimate of drug-likeness (QED) is 0.821. The summed E-state index contributed by atoms with van der Waals surface area (Å²) < 4.78 is 6.76. The molecule has 0 saturated carbocycles. The molecule has 19 heavy (non-hydrogen) atoms. The van der Waals surface area contributed by atoms with Crippen molar-refractivity contribution >= 4 is 17.4 Å². The first kappa shape index (κ1) is 12.9. The molecular weight excluding hydrogens is 244 g/mol. The van der Waals surface area contributed by atoms with Crippen molar-refractivity contribution in [2.24, 2.45) is 7.05 Å². The second kappa shape index (κ2) is 5.01. The van der Waals surface area contributed by atoms with Crippen LogP contribution in [0.15, 0.2) is 24.3 Å². The molecule has 0 aliphatic rings. The number of rotatable bonds is 3. The van der Waals surface area contributed by atoms with E-state index in [4.69, 9.17) is 10.5 Å². The van der Waals surface area contributed by atoms with Gasteiger partial charge in [-0.2, -0.15) is 5.10 Å². The molecule has 6 heteroatoms. The number of carbonyl (C=O) groups excluding carboxylic acids is 1. The fourth-order valence-corrected chi connectivity index (χ4v) is 1.81. The summed E-state index contributed by atoms with van der Waals surface area (Å²) in [5.74, 6) is 0.810. The molecule has 1 amide bonds. The van der Waals surface area contributed by atoms with Crippen molar-refractivity contribution in [2.45, 2.75) is 6.92 Å². The lowest BCUT2D eigenvalue weighted by Crippen LogP contribution is -2.15. The van der Waals surface area contributed by atoms with Crippen LogP contribution in [0.1, 0.15) is 16.1 Å². The topological polar surface area (TPSA) is 82.2 Å². The smallest absolute Gasteiger partial charge is 0.260 e. The number of anilines is 2. The lowest BCUT2D eigenvalue weighted by molar-refractivity contribution is 0.102. The van der Waals surface area contributed by atoms with Crippen LogP contribution in [0.5, 0.6) is 5.75 Å². The molecule has 0 aliphatic carbocycles. The highest BCUT2D eigenvalue weighted by Gasteiger charge is 2.14. The Labute approximate surface area is 111 Å². The van der Waals surface area contributed by atoms with Gasteiger partial charge in [-0.05, 0) is 25.1 Å². The molecule has 1 aromatic carbocycles. The monoisotopic (exact) mass is 260 g/mol. The zero-order valence-electron chi connectivity index (χ0n) is 11.1. The number of hydrogen-bond donors (Lipinski definition) is 2. The van der Waals surface area contributed by atoms with Crippen molar-refractivity contribution in [3.05, 3.63) is 35.5 Å². The van der Waals surface area contributed by atoms with Gasteiger partial charge >= 0.3 is 0 Å². The normalized spacial score (nSPS) is 10.3. The molecule has 2 rings (SSSR count). The minimum absolute atomic E-state index is 0.285. The van der Waals surface area contributed by atoms with Crippen LogP contribution in [0.2, 0.25) is 0 Å². The fourth-order valence-electron chi connectivity index (χ4n) is 1.81. The summed E-state index contributed by atoms with van der Waals surface area (Å²) in [7, 11) is 3.27. The molecule has 0 unspecified atom stereocenters. The van der Waals surface area contributed by atoms with E-state index < -0.39 is 0 Å². The molecular formula is C13H16N4O2. The number of nitrogens with two attached hydrogens (primary N) is 1. The first-order valence-electron chi connectivity index (χ1n) is 5.76. The molecule has 2 aromatic rings. The van der Waals surface area contributed by atoms with E-state index in [0.717, 1.165) is 5.69 Å². The zero-order valence-corrected chi connectivity index (χ0v) is 11.1. The van der Waals surface area contributed by atoms with Gasteiger partial charge in [-0.25, -0.2) is 0 Å². The van der Waals surface area contributed by atoms with Gasteiger partial charge in [-0.3, -0.25) is 9.48 Å². The number of aromatic nitrogens is 2. The molecule has 1 aromatic heterocycles. The molecule has 1 heterocycles. The summed E-state index contributed by atoms with van der Waals surface area (Å²) in [5.41, 5.74) is 7.42. The van der Waals surface area contributed by atoms with Crippen LogP contribution in [-0.4, -0.2) is 22.8 Å². The van der Waals surface area contributed by atoms with Crippen LogP contribution in [0, 0.1) is 6.92 Å². The fraction of sp³-hybridized carbons (Fsp3) is 0.231. The van der Waals surface area contributed by atoms with Gasteiger partial charge in [0.15, 0.2) is 0 Å². The Bertz CT molecular complexity index is 619. The number of nitrogens with zero attached hydrogens (tertiary/aromatic N) is 2. The molecule has 6 nitrogen and oxygen atoms in total. The van der Waals surface area contributed by atoms with Gasteiger partial charge in [0.2, 0.25) is 0 Å². The maximum Gasteiger partial charge on any atom is 0.260 e. The van der Waals surface area contributed by atoms with Crippen LogP contribution < -0.4 is 15.8 Å². The average molecular weight is 260 g/mol. The number of carbonyl (C=O) groups is 1. The summed E-state index contributed by atoms with van der Waals surface area (Å²) in [4.78, 5) is 12.2.